The molecular weight excluding hydrogens is 1740 g/mol. The number of aryl methyl sites for hydroxylation is 2. The summed E-state index contributed by atoms with van der Waals surface area (Å²) in [5.41, 5.74) is 16.5. The van der Waals surface area contributed by atoms with Gasteiger partial charge in [-0.1, -0.05) is 121 Å². The first-order chi connectivity index (χ1) is 64.8. The van der Waals surface area contributed by atoms with Gasteiger partial charge in [-0.15, -0.1) is 0 Å². The summed E-state index contributed by atoms with van der Waals surface area (Å²) in [6.45, 7) is 4.95. The lowest BCUT2D eigenvalue weighted by atomic mass is 10.1. The van der Waals surface area contributed by atoms with Crippen LogP contribution in [0, 0.1) is 48.1 Å². The molecule has 4 N–H and O–H groups in total. The lowest BCUT2D eigenvalue weighted by Gasteiger charge is -2.13. The fourth-order valence-corrected chi connectivity index (χ4v) is 13.2. The minimum atomic E-state index is -3.24. The van der Waals surface area contributed by atoms with Gasteiger partial charge in [0.2, 0.25) is 0 Å². The molecule has 0 saturated heterocycles. The predicted octanol–water partition coefficient (Wildman–Crippen LogP) is 22.6. The van der Waals surface area contributed by atoms with Gasteiger partial charge in [0.25, 0.3) is 5.92 Å². The summed E-state index contributed by atoms with van der Waals surface area (Å²) in [6.07, 6.45) is 7.32. The Morgan fingerprint density at radius 1 is 0.319 bits per heavy atom. The maximum Gasteiger partial charge on any atom is 0.394 e. The van der Waals surface area contributed by atoms with Crippen LogP contribution in [-0.4, -0.2) is 122 Å². The Bertz CT molecular complexity index is 7390. The second-order valence-corrected chi connectivity index (χ2v) is 29.9. The number of nitrogens with zero attached hydrogens (tertiary/aromatic N) is 14. The number of para-hydroxylation sites is 1. The van der Waals surface area contributed by atoms with Crippen LogP contribution in [0.25, 0.3) is 102 Å². The van der Waals surface area contributed by atoms with Crippen LogP contribution in [-0.2, 0) is 10.7 Å². The molecule has 0 radical (unpaired) electrons. The molecule has 31 heteroatoms. The number of alkyl halides is 4. The molecule has 6 heterocycles. The van der Waals surface area contributed by atoms with Gasteiger partial charge in [0, 0.05) is 90.0 Å². The van der Waals surface area contributed by atoms with Crippen molar-refractivity contribution in [2.24, 2.45) is 0 Å². The Labute approximate surface area is 767 Å². The number of hydrogen-bond donors (Lipinski definition) is 4. The zero-order chi connectivity index (χ0) is 96.0. The van der Waals surface area contributed by atoms with Crippen LogP contribution in [0.5, 0.6) is 5.75 Å². The highest BCUT2D eigenvalue weighted by atomic mass is 19.3. The Kier molecular flexibility index (Phi) is 29.8. The van der Waals surface area contributed by atoms with Crippen LogP contribution in [0.2, 0.25) is 0 Å². The van der Waals surface area contributed by atoms with Crippen molar-refractivity contribution < 1.29 is 80.2 Å². The number of rotatable bonds is 20. The van der Waals surface area contributed by atoms with Crippen molar-refractivity contribution in [2.75, 3.05) is 7.11 Å². The maximum atomic E-state index is 13.6. The van der Waals surface area contributed by atoms with Gasteiger partial charge in [0.1, 0.15) is 17.4 Å². The summed E-state index contributed by atoms with van der Waals surface area (Å²) in [5, 5.41) is 80.6. The molecule has 0 atom stereocenters. The average molecular weight is 1810 g/mol. The zero-order valence-electron chi connectivity index (χ0n) is 72.2. The van der Waals surface area contributed by atoms with Crippen LogP contribution in [0.15, 0.2) is 359 Å². The molecule has 672 valence electrons. The predicted molar refractivity (Wildman–Crippen MR) is 493 cm³/mol. The minimum absolute atomic E-state index is 0.0535. The highest BCUT2D eigenvalue weighted by Crippen LogP contribution is 2.32. The Hall–Kier alpha value is -18.4. The van der Waals surface area contributed by atoms with E-state index in [1.807, 2.05) is 103 Å². The minimum Gasteiger partial charge on any atom is -0.478 e. The SMILES string of the molecule is CC(F)(F)Oc1ccc(-n2ccc(-c3cccc(C(=O)O)c3)n2)cc1.CC(F)(F)c1ccc(-n2ccc(-c3cccc(C(=O)O)c3)n2)cc1.COC(=O)c1cccc(-n2ccc(-c3cccc(C#N)c3)n2)c1.Cc1ccc(-n2ccc(-c3cccc(C#N)c3)n2)cc1F.Cc1ccc(-n2ccc(-c3cccc(C(=O)O)c3)n2)cc1F.O=C(O)c1cccc(-c2ccn(-c3ccccc3)n2)c1. The second-order valence-electron chi connectivity index (χ2n) is 29.9. The standard InChI is InChI=1S/C18H14F2N2O3.C18H14F2N2O2.C18H13N3O2.C17H12FN3.C17H13FN2O2.C16H12N2O2/c1-18(19,20)25-15-7-5-14(6-8-15)22-10-9-16(21-22)12-3-2-4-13(11-12)17(23)24;1-18(19,20)14-5-7-15(8-6-14)22-10-9-16(21-22)12-3-2-4-13(11-12)17(23)24;1-23-18(22)15-6-3-7-16(11-15)21-9-8-17(20-21)14-5-2-4-13(10-14)12-19;1-12-5-6-15(10-16(12)18)21-8-7-17(20-21)14-4-2-3-13(9-14)11-19;1-11-5-6-14(10-15(11)18)20-8-7-16(19-20)12-3-2-4-13(9-12)17(21)22;19-16(20)13-6-4-5-12(11-13)15-9-10-18(17-15)14-7-2-1-3-8-14/h2-11H,1H3,(H,23,24);2-11H,1H3,(H,23,24);2-11H,1H3;2-10H,1H3;2-10H,1H3,(H,21,22);1-11H,(H,19,20). The molecule has 18 rings (SSSR count). The topological polar surface area (TPSA) is 339 Å². The number of methoxy groups -OCH3 is 1. The van der Waals surface area contributed by atoms with E-state index in [-0.39, 0.29) is 51.2 Å². The van der Waals surface area contributed by atoms with Gasteiger partial charge < -0.3 is 29.9 Å². The Morgan fingerprint density at radius 2 is 0.593 bits per heavy atom. The highest BCUT2D eigenvalue weighted by molar-refractivity contribution is 5.92. The average Bonchev–Trinajstić information content (AvgIpc) is 1.70. The first kappa shape index (κ1) is 94.2. The Balaban J connectivity index is 0.000000137. The molecule has 0 fully saturated rings. The summed E-state index contributed by atoms with van der Waals surface area (Å²) in [5.74, 6) is -7.70. The number of aromatic nitrogens is 12. The van der Waals surface area contributed by atoms with Crippen molar-refractivity contribution in [1.82, 2.24) is 58.7 Å². The fraction of sp³-hybridized carbons (Fsp3) is 0.0673. The molecule has 25 nitrogen and oxygen atoms in total. The number of carbonyl (C=O) groups excluding carboxylic acids is 1. The third-order valence-corrected chi connectivity index (χ3v) is 20.2. The monoisotopic (exact) mass is 1810 g/mol. The summed E-state index contributed by atoms with van der Waals surface area (Å²) in [6, 6.07) is 94.4. The molecule has 0 aliphatic rings. The number of carbonyl (C=O) groups is 5. The number of aromatic carboxylic acids is 4. The Morgan fingerprint density at radius 3 is 0.896 bits per heavy atom. The molecule has 0 spiro atoms. The number of carboxylic acids is 4. The number of halogens is 6. The zero-order valence-corrected chi connectivity index (χ0v) is 72.2. The molecule has 0 saturated carbocycles. The molecule has 12 aromatic carbocycles. The van der Waals surface area contributed by atoms with Gasteiger partial charge in [-0.05, 0) is 225 Å². The molecule has 0 aliphatic carbocycles. The van der Waals surface area contributed by atoms with Crippen molar-refractivity contribution >= 4 is 29.8 Å². The summed E-state index contributed by atoms with van der Waals surface area (Å²) in [4.78, 5) is 55.7. The molecular formula is C104H78F6N14O11. The first-order valence-electron chi connectivity index (χ1n) is 41.0. The van der Waals surface area contributed by atoms with Crippen molar-refractivity contribution in [3.8, 4) is 120 Å². The summed E-state index contributed by atoms with van der Waals surface area (Å²) >= 11 is 0. The van der Waals surface area contributed by atoms with E-state index in [4.69, 9.17) is 35.7 Å². The molecule has 0 aliphatic heterocycles. The van der Waals surface area contributed by atoms with E-state index in [0.29, 0.717) is 91.3 Å². The normalized spacial score (nSPS) is 10.7. The van der Waals surface area contributed by atoms with Crippen LogP contribution in [0.3, 0.4) is 0 Å². The van der Waals surface area contributed by atoms with E-state index in [0.717, 1.165) is 52.1 Å². The van der Waals surface area contributed by atoms with Gasteiger partial charge in [-0.3, -0.25) is 0 Å². The smallest absolute Gasteiger partial charge is 0.394 e. The lowest BCUT2D eigenvalue weighted by Crippen LogP contribution is -2.19. The van der Waals surface area contributed by atoms with Crippen LogP contribution >= 0.6 is 0 Å². The number of carboxylic acid groups (broad SMARTS) is 4. The van der Waals surface area contributed by atoms with E-state index in [2.05, 4.69) is 47.5 Å². The molecule has 18 aromatic rings. The third kappa shape index (κ3) is 24.9. The lowest BCUT2D eigenvalue weighted by molar-refractivity contribution is -0.159. The van der Waals surface area contributed by atoms with Gasteiger partial charge in [-0.25, -0.2) is 69.6 Å². The summed E-state index contributed by atoms with van der Waals surface area (Å²) < 4.78 is 98.4. The van der Waals surface area contributed by atoms with Crippen LogP contribution in [0.1, 0.15) is 93.5 Å². The van der Waals surface area contributed by atoms with E-state index in [1.54, 1.807) is 231 Å². The first-order valence-corrected chi connectivity index (χ1v) is 41.0. The molecule has 0 unspecified atom stereocenters. The highest BCUT2D eigenvalue weighted by Gasteiger charge is 2.26. The van der Waals surface area contributed by atoms with Crippen LogP contribution < -0.4 is 4.74 Å². The number of nitriles is 2. The van der Waals surface area contributed by atoms with Gasteiger partial charge >= 0.3 is 36.0 Å². The number of esters is 1. The van der Waals surface area contributed by atoms with Crippen molar-refractivity contribution in [3.63, 3.8) is 0 Å². The number of ether oxygens (including phenoxy) is 2. The quantitative estimate of drug-likeness (QED) is 0.0407. The molecule has 6 aromatic heterocycles. The van der Waals surface area contributed by atoms with E-state index >= 15 is 0 Å². The van der Waals surface area contributed by atoms with Gasteiger partial charge in [0.05, 0.1) is 126 Å². The third-order valence-electron chi connectivity index (χ3n) is 20.2. The van der Waals surface area contributed by atoms with E-state index in [1.165, 1.54) is 73.8 Å². The molecule has 0 bridgehead atoms. The van der Waals surface area contributed by atoms with Crippen molar-refractivity contribution in [1.29, 1.82) is 10.5 Å². The number of hydrogen-bond acceptors (Lipinski definition) is 15. The van der Waals surface area contributed by atoms with Gasteiger partial charge in [0.15, 0.2) is 0 Å². The fourth-order valence-electron chi connectivity index (χ4n) is 13.2. The van der Waals surface area contributed by atoms with E-state index in [9.17, 15) is 50.3 Å². The van der Waals surface area contributed by atoms with Crippen molar-refractivity contribution in [2.45, 2.75) is 39.7 Å². The van der Waals surface area contributed by atoms with E-state index < -0.39 is 35.9 Å². The molecule has 135 heavy (non-hydrogen) atoms. The summed E-state index contributed by atoms with van der Waals surface area (Å²) in [7, 11) is 1.35. The van der Waals surface area contributed by atoms with Crippen LogP contribution in [0.4, 0.5) is 26.3 Å². The second kappa shape index (κ2) is 42.7. The maximum absolute atomic E-state index is 13.6. The molecule has 0 amide bonds. The van der Waals surface area contributed by atoms with Crippen molar-refractivity contribution in [3.05, 3.63) is 426 Å². The number of benzene rings is 12. The largest absolute Gasteiger partial charge is 0.478 e. The van der Waals surface area contributed by atoms with Gasteiger partial charge in [-0.2, -0.15) is 49.9 Å².